The molecule has 0 atom stereocenters. The molecule has 0 amide bonds. The Bertz CT molecular complexity index is 189. The molecule has 0 fully saturated rings. The Labute approximate surface area is 79.1 Å². The van der Waals surface area contributed by atoms with Crippen LogP contribution in [0.5, 0.6) is 0 Å². The number of aliphatic hydroxyl groups is 1. The first-order chi connectivity index (χ1) is 5.83. The lowest BCUT2D eigenvalue weighted by Crippen LogP contribution is -3.06. The van der Waals surface area contributed by atoms with Gasteiger partial charge >= 0.3 is 0 Å². The Balaban J connectivity index is 0. The number of likely N-dealkylation sites (N-methyl/N-ethyl adjacent to an activating group) is 1. The Morgan fingerprint density at radius 2 is 1.92 bits per heavy atom. The molecule has 0 aliphatic carbocycles. The van der Waals surface area contributed by atoms with Gasteiger partial charge in [0.25, 0.3) is 0 Å². The maximum atomic E-state index is 9.45. The van der Waals surface area contributed by atoms with E-state index >= 15 is 0 Å². The van der Waals surface area contributed by atoms with E-state index in [0.717, 1.165) is 6.54 Å². The van der Waals surface area contributed by atoms with Gasteiger partial charge in [0.05, 0.1) is 27.3 Å². The highest BCUT2D eigenvalue weighted by Crippen LogP contribution is 1.80. The number of nitrogens with one attached hydrogen (secondary N) is 1. The van der Waals surface area contributed by atoms with Crippen LogP contribution in [0.15, 0.2) is 0 Å². The number of aliphatic hydroxyl groups excluding tert-OH is 1. The third kappa shape index (κ3) is 24.5. The molecule has 0 rings (SSSR count). The lowest BCUT2D eigenvalue weighted by molar-refractivity contribution is -0.858. The Morgan fingerprint density at radius 1 is 1.46 bits per heavy atom. The molecule has 6 nitrogen and oxygen atoms in total. The highest BCUT2D eigenvalue weighted by atomic mass is 32.3. The van der Waals surface area contributed by atoms with Gasteiger partial charge in [-0.25, -0.2) is 8.42 Å². The molecule has 2 N–H and O–H groups in total. The van der Waals surface area contributed by atoms with E-state index in [4.69, 9.17) is 5.11 Å². The van der Waals surface area contributed by atoms with Crippen LogP contribution in [0, 0.1) is 0 Å². The molecule has 0 aliphatic heterocycles. The highest BCUT2D eigenvalue weighted by Gasteiger charge is 1.85. The van der Waals surface area contributed by atoms with E-state index in [-0.39, 0.29) is 6.61 Å². The summed E-state index contributed by atoms with van der Waals surface area (Å²) in [7, 11) is -0.404. The topological polar surface area (TPSA) is 91.1 Å². The summed E-state index contributed by atoms with van der Waals surface area (Å²) in [6.07, 6.45) is 0. The normalized spacial score (nSPS) is 10.9. The molecule has 0 aromatic heterocycles. The molecule has 0 saturated carbocycles. The average molecular weight is 215 g/mol. The number of rotatable bonds is 4. The summed E-state index contributed by atoms with van der Waals surface area (Å²) in [6.45, 7) is 2.48. The molecule has 0 saturated heterocycles. The van der Waals surface area contributed by atoms with Crippen molar-refractivity contribution >= 4 is 10.4 Å². The quantitative estimate of drug-likeness (QED) is 0.403. The molecule has 0 radical (unpaired) electrons. The van der Waals surface area contributed by atoms with Crippen LogP contribution in [-0.4, -0.2) is 51.9 Å². The highest BCUT2D eigenvalue weighted by molar-refractivity contribution is 7.80. The van der Waals surface area contributed by atoms with E-state index in [1.807, 2.05) is 14.1 Å². The van der Waals surface area contributed by atoms with Crippen molar-refractivity contribution in [3.63, 3.8) is 0 Å². The van der Waals surface area contributed by atoms with Crippen molar-refractivity contribution < 1.29 is 27.2 Å². The summed E-state index contributed by atoms with van der Waals surface area (Å²) in [4.78, 5) is 1.29. The molecule has 13 heavy (non-hydrogen) atoms. The van der Waals surface area contributed by atoms with Gasteiger partial charge in [-0.2, -0.15) is 0 Å². The van der Waals surface area contributed by atoms with Crippen LogP contribution >= 0.6 is 0 Å². The van der Waals surface area contributed by atoms with Crippen LogP contribution in [0.25, 0.3) is 0 Å². The van der Waals surface area contributed by atoms with Crippen LogP contribution in [0.3, 0.4) is 0 Å². The molecule has 0 spiro atoms. The monoisotopic (exact) mass is 215 g/mol. The lowest BCUT2D eigenvalue weighted by Gasteiger charge is -2.02. The van der Waals surface area contributed by atoms with Gasteiger partial charge < -0.3 is 14.6 Å². The van der Waals surface area contributed by atoms with E-state index < -0.39 is 10.4 Å². The van der Waals surface area contributed by atoms with Crippen molar-refractivity contribution in [1.82, 2.24) is 0 Å². The van der Waals surface area contributed by atoms with Gasteiger partial charge in [0.2, 0.25) is 10.4 Å². The van der Waals surface area contributed by atoms with Crippen LogP contribution < -0.4 is 4.90 Å². The number of hydrogen-bond donors (Lipinski definition) is 2. The second kappa shape index (κ2) is 8.39. The maximum absolute atomic E-state index is 9.45. The summed E-state index contributed by atoms with van der Waals surface area (Å²) < 4.78 is 32.0. The molecule has 0 heterocycles. The minimum atomic E-state index is -4.42. The van der Waals surface area contributed by atoms with Gasteiger partial charge in [0, 0.05) is 0 Å². The molecule has 0 unspecified atom stereocenters. The van der Waals surface area contributed by atoms with E-state index in [9.17, 15) is 13.0 Å². The molecule has 0 aliphatic rings. The number of quaternary nitrogens is 1. The van der Waals surface area contributed by atoms with E-state index in [1.165, 1.54) is 11.8 Å². The Hall–Kier alpha value is -0.210. The molecule has 0 aromatic rings. The average Bonchev–Trinajstić information content (AvgIpc) is 1.84. The summed E-state index contributed by atoms with van der Waals surface area (Å²) in [5.41, 5.74) is 0. The standard InChI is InChI=1S/C4H11NO.C2H6O4S/c1-5(2)3-4-6;1-2-6-7(3,4)5/h6H,3-4H2,1-2H3;2H2,1H3,(H,3,4,5). The Morgan fingerprint density at radius 3 is 1.92 bits per heavy atom. The predicted octanol–water partition coefficient (Wildman–Crippen LogP) is -2.39. The molecular formula is C6H17NO5S. The lowest BCUT2D eigenvalue weighted by atomic mass is 10.6. The van der Waals surface area contributed by atoms with Crippen molar-refractivity contribution in [3.8, 4) is 0 Å². The van der Waals surface area contributed by atoms with Gasteiger partial charge in [-0.3, -0.25) is 4.18 Å². The molecule has 82 valence electrons. The fourth-order valence-corrected chi connectivity index (χ4v) is 0.657. The summed E-state index contributed by atoms with van der Waals surface area (Å²) in [6, 6.07) is 0. The summed E-state index contributed by atoms with van der Waals surface area (Å²) in [5, 5.41) is 8.22. The first-order valence-electron chi connectivity index (χ1n) is 3.83. The maximum Gasteiger partial charge on any atom is 0.217 e. The van der Waals surface area contributed by atoms with Gasteiger partial charge in [0.15, 0.2) is 0 Å². The second-order valence-electron chi connectivity index (χ2n) is 2.50. The van der Waals surface area contributed by atoms with Crippen LogP contribution in [0.1, 0.15) is 6.92 Å². The smallest absolute Gasteiger partial charge is 0.217 e. The van der Waals surface area contributed by atoms with E-state index in [2.05, 4.69) is 4.18 Å². The fraction of sp³-hybridized carbons (Fsp3) is 1.00. The number of hydrogen-bond acceptors (Lipinski definition) is 5. The third-order valence-electron chi connectivity index (χ3n) is 0.874. The van der Waals surface area contributed by atoms with Gasteiger partial charge in [-0.1, -0.05) is 0 Å². The zero-order chi connectivity index (χ0) is 10.9. The van der Waals surface area contributed by atoms with Crippen molar-refractivity contribution in [1.29, 1.82) is 0 Å². The third-order valence-corrected chi connectivity index (χ3v) is 1.40. The minimum absolute atomic E-state index is 0.0914. The SMILES string of the molecule is CCOS(=O)(=O)[O-].C[NH+](C)CCO. The second-order valence-corrected chi connectivity index (χ2v) is 3.55. The first-order valence-corrected chi connectivity index (χ1v) is 5.17. The summed E-state index contributed by atoms with van der Waals surface area (Å²) >= 11 is 0. The predicted molar refractivity (Wildman–Crippen MR) is 46.1 cm³/mol. The largest absolute Gasteiger partial charge is 0.726 e. The first kappa shape index (κ1) is 15.3. The summed E-state index contributed by atoms with van der Waals surface area (Å²) in [5.74, 6) is 0. The van der Waals surface area contributed by atoms with Crippen LogP contribution in [0.4, 0.5) is 0 Å². The van der Waals surface area contributed by atoms with Gasteiger partial charge in [0.1, 0.15) is 6.54 Å². The Kier molecular flexibility index (Phi) is 9.86. The van der Waals surface area contributed by atoms with Gasteiger partial charge in [-0.15, -0.1) is 0 Å². The van der Waals surface area contributed by atoms with Crippen molar-refractivity contribution in [3.05, 3.63) is 0 Å². The van der Waals surface area contributed by atoms with E-state index in [0.29, 0.717) is 6.61 Å². The van der Waals surface area contributed by atoms with E-state index in [1.54, 1.807) is 0 Å². The van der Waals surface area contributed by atoms with Crippen LogP contribution in [-0.2, 0) is 14.6 Å². The fourth-order valence-electron chi connectivity index (χ4n) is 0.368. The van der Waals surface area contributed by atoms with Crippen molar-refractivity contribution in [2.75, 3.05) is 33.9 Å². The molecule has 0 aromatic carbocycles. The zero-order valence-corrected chi connectivity index (χ0v) is 8.93. The van der Waals surface area contributed by atoms with Crippen molar-refractivity contribution in [2.45, 2.75) is 6.92 Å². The van der Waals surface area contributed by atoms with Crippen molar-refractivity contribution in [2.24, 2.45) is 0 Å². The zero-order valence-electron chi connectivity index (χ0n) is 8.11. The molecule has 0 bridgehead atoms. The van der Waals surface area contributed by atoms with Crippen LogP contribution in [0.2, 0.25) is 0 Å². The molecular weight excluding hydrogens is 198 g/mol. The molecule has 7 heteroatoms. The van der Waals surface area contributed by atoms with Gasteiger partial charge in [-0.05, 0) is 6.92 Å². The minimum Gasteiger partial charge on any atom is -0.726 e.